The van der Waals surface area contributed by atoms with E-state index in [0.29, 0.717) is 5.41 Å². The Balaban J connectivity index is 2.13. The van der Waals surface area contributed by atoms with Crippen molar-refractivity contribution in [2.75, 3.05) is 12.4 Å². The normalized spacial score (nSPS) is 25.3. The zero-order chi connectivity index (χ0) is 14.6. The summed E-state index contributed by atoms with van der Waals surface area (Å²) in [5.41, 5.74) is 0.912. The summed E-state index contributed by atoms with van der Waals surface area (Å²) in [5.74, 6) is 0.837. The van der Waals surface area contributed by atoms with Crippen molar-refractivity contribution in [2.45, 2.75) is 51.5 Å². The highest BCUT2D eigenvalue weighted by molar-refractivity contribution is 5.50. The second-order valence-electron chi connectivity index (χ2n) is 6.57. The van der Waals surface area contributed by atoms with Gasteiger partial charge in [0, 0.05) is 5.69 Å². The van der Waals surface area contributed by atoms with E-state index in [2.05, 4.69) is 25.2 Å². The van der Waals surface area contributed by atoms with E-state index in [1.165, 1.54) is 6.42 Å². The van der Waals surface area contributed by atoms with Crippen molar-refractivity contribution in [2.24, 2.45) is 5.41 Å². The van der Waals surface area contributed by atoms with Gasteiger partial charge in [-0.2, -0.15) is 5.26 Å². The lowest BCUT2D eigenvalue weighted by Crippen LogP contribution is -2.36. The molecule has 1 aromatic rings. The molecule has 3 nitrogen and oxygen atoms in total. The van der Waals surface area contributed by atoms with Gasteiger partial charge in [-0.15, -0.1) is 0 Å². The number of methoxy groups -OCH3 is 1. The molecule has 0 heterocycles. The number of hydrogen-bond acceptors (Lipinski definition) is 3. The highest BCUT2D eigenvalue weighted by Crippen LogP contribution is 2.39. The van der Waals surface area contributed by atoms with Gasteiger partial charge in [0.05, 0.1) is 13.2 Å². The molecule has 2 rings (SSSR count). The van der Waals surface area contributed by atoms with Crippen LogP contribution in [0.25, 0.3) is 0 Å². The van der Waals surface area contributed by atoms with Crippen LogP contribution in [0.5, 0.6) is 5.75 Å². The van der Waals surface area contributed by atoms with Crippen LogP contribution in [0, 0.1) is 16.7 Å². The number of benzene rings is 1. The average Bonchev–Trinajstić information content (AvgIpc) is 2.59. The molecule has 0 saturated heterocycles. The molecule has 1 aromatic carbocycles. The van der Waals surface area contributed by atoms with Crippen LogP contribution >= 0.6 is 0 Å². The first-order valence-electron chi connectivity index (χ1n) is 7.32. The first kappa shape index (κ1) is 14.7. The molecular formula is C17H24N2O. The fourth-order valence-electron chi connectivity index (χ4n) is 2.89. The SMILES string of the molecule is COc1ccc(NC2(C#N)CCCC(C)(C)CC2)cc1. The molecule has 0 radical (unpaired) electrons. The van der Waals surface area contributed by atoms with Gasteiger partial charge in [-0.25, -0.2) is 0 Å². The Morgan fingerprint density at radius 1 is 1.10 bits per heavy atom. The average molecular weight is 272 g/mol. The maximum Gasteiger partial charge on any atom is 0.125 e. The Morgan fingerprint density at radius 2 is 1.80 bits per heavy atom. The molecular weight excluding hydrogens is 248 g/mol. The first-order valence-corrected chi connectivity index (χ1v) is 7.32. The molecule has 1 N–H and O–H groups in total. The third-order valence-corrected chi connectivity index (χ3v) is 4.37. The van der Waals surface area contributed by atoms with Crippen LogP contribution in [0.3, 0.4) is 0 Å². The molecule has 108 valence electrons. The minimum Gasteiger partial charge on any atom is -0.497 e. The monoisotopic (exact) mass is 272 g/mol. The van der Waals surface area contributed by atoms with Crippen molar-refractivity contribution >= 4 is 5.69 Å². The summed E-state index contributed by atoms with van der Waals surface area (Å²) in [5, 5.41) is 13.1. The van der Waals surface area contributed by atoms with E-state index in [9.17, 15) is 5.26 Å². The summed E-state index contributed by atoms with van der Waals surface area (Å²) < 4.78 is 5.17. The Bertz CT molecular complexity index is 487. The van der Waals surface area contributed by atoms with E-state index in [4.69, 9.17) is 4.74 Å². The number of hydrogen-bond donors (Lipinski definition) is 1. The number of ether oxygens (including phenoxy) is 1. The Labute approximate surface area is 121 Å². The molecule has 3 heteroatoms. The lowest BCUT2D eigenvalue weighted by atomic mass is 9.84. The lowest BCUT2D eigenvalue weighted by Gasteiger charge is -2.28. The van der Waals surface area contributed by atoms with E-state index < -0.39 is 5.54 Å². The Hall–Kier alpha value is -1.69. The maximum absolute atomic E-state index is 9.66. The highest BCUT2D eigenvalue weighted by atomic mass is 16.5. The minimum absolute atomic E-state index is 0.347. The maximum atomic E-state index is 9.66. The molecule has 1 unspecified atom stereocenters. The van der Waals surface area contributed by atoms with Crippen molar-refractivity contribution < 1.29 is 4.74 Å². The van der Waals surface area contributed by atoms with Gasteiger partial charge >= 0.3 is 0 Å². The largest absolute Gasteiger partial charge is 0.497 e. The molecule has 0 aromatic heterocycles. The molecule has 1 fully saturated rings. The van der Waals surface area contributed by atoms with E-state index in [1.807, 2.05) is 24.3 Å². The lowest BCUT2D eigenvalue weighted by molar-refractivity contribution is 0.310. The molecule has 0 spiro atoms. The fraction of sp³-hybridized carbons (Fsp3) is 0.588. The van der Waals surface area contributed by atoms with Crippen LogP contribution in [0.1, 0.15) is 46.0 Å². The van der Waals surface area contributed by atoms with Gasteiger partial charge in [-0.05, 0) is 61.8 Å². The van der Waals surface area contributed by atoms with Gasteiger partial charge < -0.3 is 10.1 Å². The van der Waals surface area contributed by atoms with Gasteiger partial charge in [-0.1, -0.05) is 13.8 Å². The van der Waals surface area contributed by atoms with E-state index in [1.54, 1.807) is 7.11 Å². The second-order valence-corrected chi connectivity index (χ2v) is 6.57. The Kier molecular flexibility index (Phi) is 4.23. The van der Waals surface area contributed by atoms with Gasteiger partial charge in [-0.3, -0.25) is 0 Å². The first-order chi connectivity index (χ1) is 9.49. The summed E-state index contributed by atoms with van der Waals surface area (Å²) in [4.78, 5) is 0. The van der Waals surface area contributed by atoms with Gasteiger partial charge in [0.15, 0.2) is 0 Å². The molecule has 1 aliphatic rings. The molecule has 1 saturated carbocycles. The summed E-state index contributed by atoms with van der Waals surface area (Å²) in [6.45, 7) is 4.60. The predicted molar refractivity (Wildman–Crippen MR) is 81.8 cm³/mol. The molecule has 0 aliphatic heterocycles. The van der Waals surface area contributed by atoms with E-state index >= 15 is 0 Å². The standard InChI is InChI=1S/C17H24N2O/c1-16(2)9-4-10-17(13-18,12-11-16)19-14-5-7-15(20-3)8-6-14/h5-8,19H,4,9-12H2,1-3H3. The van der Waals surface area contributed by atoms with Crippen LogP contribution in [0.2, 0.25) is 0 Å². The van der Waals surface area contributed by atoms with Crippen molar-refractivity contribution in [3.8, 4) is 11.8 Å². The quantitative estimate of drug-likeness (QED) is 0.831. The third kappa shape index (κ3) is 3.45. The zero-order valence-electron chi connectivity index (χ0n) is 12.7. The fourth-order valence-corrected chi connectivity index (χ4v) is 2.89. The summed E-state index contributed by atoms with van der Waals surface area (Å²) in [6.07, 6.45) is 5.20. The van der Waals surface area contributed by atoms with Crippen LogP contribution in [-0.4, -0.2) is 12.6 Å². The van der Waals surface area contributed by atoms with Gasteiger partial charge in [0.25, 0.3) is 0 Å². The predicted octanol–water partition coefficient (Wildman–Crippen LogP) is 4.36. The number of nitrogens with one attached hydrogen (secondary N) is 1. The van der Waals surface area contributed by atoms with Crippen LogP contribution in [0.4, 0.5) is 5.69 Å². The summed E-state index contributed by atoms with van der Waals surface area (Å²) in [7, 11) is 1.66. The third-order valence-electron chi connectivity index (χ3n) is 4.37. The molecule has 0 amide bonds. The number of rotatable bonds is 3. The second kappa shape index (κ2) is 5.75. The van der Waals surface area contributed by atoms with Crippen LogP contribution < -0.4 is 10.1 Å². The number of anilines is 1. The van der Waals surface area contributed by atoms with Crippen molar-refractivity contribution in [3.63, 3.8) is 0 Å². The smallest absolute Gasteiger partial charge is 0.125 e. The van der Waals surface area contributed by atoms with Crippen molar-refractivity contribution in [3.05, 3.63) is 24.3 Å². The van der Waals surface area contributed by atoms with Crippen molar-refractivity contribution in [1.82, 2.24) is 0 Å². The highest BCUT2D eigenvalue weighted by Gasteiger charge is 2.35. The zero-order valence-corrected chi connectivity index (χ0v) is 12.7. The Morgan fingerprint density at radius 3 is 2.40 bits per heavy atom. The van der Waals surface area contributed by atoms with Gasteiger partial charge in [0.1, 0.15) is 11.3 Å². The van der Waals surface area contributed by atoms with Crippen molar-refractivity contribution in [1.29, 1.82) is 5.26 Å². The van der Waals surface area contributed by atoms with Crippen LogP contribution in [0.15, 0.2) is 24.3 Å². The van der Waals surface area contributed by atoms with Gasteiger partial charge in [0.2, 0.25) is 0 Å². The summed E-state index contributed by atoms with van der Waals surface area (Å²) in [6, 6.07) is 10.3. The molecule has 0 bridgehead atoms. The molecule has 1 aliphatic carbocycles. The number of nitriles is 1. The molecule has 20 heavy (non-hydrogen) atoms. The van der Waals surface area contributed by atoms with E-state index in [-0.39, 0.29) is 0 Å². The summed E-state index contributed by atoms with van der Waals surface area (Å²) >= 11 is 0. The number of nitrogens with zero attached hydrogens (tertiary/aromatic N) is 1. The van der Waals surface area contributed by atoms with E-state index in [0.717, 1.165) is 37.1 Å². The topological polar surface area (TPSA) is 45.0 Å². The van der Waals surface area contributed by atoms with Crippen LogP contribution in [-0.2, 0) is 0 Å². The molecule has 1 atom stereocenters. The minimum atomic E-state index is -0.428.